The number of thioether (sulfide) groups is 1. The minimum absolute atomic E-state index is 0.375. The Kier molecular flexibility index (Phi) is 2.33. The van der Waals surface area contributed by atoms with Crippen molar-refractivity contribution in [2.75, 3.05) is 11.9 Å². The molecule has 0 spiro atoms. The first-order valence-electron chi connectivity index (χ1n) is 5.25. The van der Waals surface area contributed by atoms with E-state index in [1.165, 1.54) is 16.1 Å². The quantitative estimate of drug-likeness (QED) is 0.745. The highest BCUT2D eigenvalue weighted by Crippen LogP contribution is 2.49. The van der Waals surface area contributed by atoms with Crippen molar-refractivity contribution in [2.24, 2.45) is 0 Å². The normalized spacial score (nSPS) is 18.6. The number of pyridine rings is 1. The van der Waals surface area contributed by atoms with Crippen LogP contribution in [-0.4, -0.2) is 12.0 Å². The first-order valence-corrected chi connectivity index (χ1v) is 6.12. The number of aromatic nitrogens is 1. The van der Waals surface area contributed by atoms with Crippen molar-refractivity contribution in [3.8, 4) is 0 Å². The zero-order valence-corrected chi connectivity index (χ0v) is 9.82. The van der Waals surface area contributed by atoms with Gasteiger partial charge < -0.3 is 4.90 Å². The lowest BCUT2D eigenvalue weighted by Gasteiger charge is -2.21. The van der Waals surface area contributed by atoms with Gasteiger partial charge in [-0.25, -0.2) is 0 Å². The highest BCUT2D eigenvalue weighted by atomic mass is 32.2. The van der Waals surface area contributed by atoms with Gasteiger partial charge in [-0.15, -0.1) is 0 Å². The average molecular weight is 228 g/mol. The van der Waals surface area contributed by atoms with Crippen LogP contribution in [0.5, 0.6) is 0 Å². The number of hydrogen-bond acceptors (Lipinski definition) is 3. The Morgan fingerprint density at radius 1 is 1.12 bits per heavy atom. The van der Waals surface area contributed by atoms with E-state index in [-0.39, 0.29) is 0 Å². The van der Waals surface area contributed by atoms with E-state index in [2.05, 4.69) is 53.3 Å². The molecule has 0 saturated carbocycles. The number of para-hydroxylation sites is 1. The summed E-state index contributed by atoms with van der Waals surface area (Å²) in [6.45, 7) is 0. The number of benzene rings is 1. The number of hydrogen-bond donors (Lipinski definition) is 0. The molecule has 0 aliphatic carbocycles. The molecule has 80 valence electrons. The van der Waals surface area contributed by atoms with E-state index in [9.17, 15) is 0 Å². The average Bonchev–Trinajstić information content (AvgIpc) is 2.69. The molecule has 2 nitrogen and oxygen atoms in total. The topological polar surface area (TPSA) is 16.1 Å². The summed E-state index contributed by atoms with van der Waals surface area (Å²) in [4.78, 5) is 7.73. The fourth-order valence-electron chi connectivity index (χ4n) is 1.99. The van der Waals surface area contributed by atoms with Crippen molar-refractivity contribution >= 4 is 17.4 Å². The fraction of sp³-hybridized carbons (Fsp3) is 0.154. The number of nitrogens with zero attached hydrogens (tertiary/aromatic N) is 2. The summed E-state index contributed by atoms with van der Waals surface area (Å²) in [5.74, 6) is 0. The summed E-state index contributed by atoms with van der Waals surface area (Å²) in [6, 6.07) is 12.7. The van der Waals surface area contributed by atoms with Crippen LogP contribution in [0.3, 0.4) is 0 Å². The molecule has 0 unspecified atom stereocenters. The minimum atomic E-state index is 0.375. The molecule has 1 aliphatic heterocycles. The van der Waals surface area contributed by atoms with Gasteiger partial charge in [-0.1, -0.05) is 23.9 Å². The van der Waals surface area contributed by atoms with Gasteiger partial charge in [-0.3, -0.25) is 4.98 Å². The van der Waals surface area contributed by atoms with E-state index in [1.54, 1.807) is 0 Å². The lowest BCUT2D eigenvalue weighted by Crippen LogP contribution is -2.16. The fourth-order valence-corrected chi connectivity index (χ4v) is 3.29. The molecular formula is C13H12N2S. The van der Waals surface area contributed by atoms with E-state index < -0.39 is 0 Å². The third-order valence-electron chi connectivity index (χ3n) is 2.83. The number of anilines is 1. The zero-order chi connectivity index (χ0) is 11.0. The van der Waals surface area contributed by atoms with Crippen LogP contribution in [0.2, 0.25) is 0 Å². The highest BCUT2D eigenvalue weighted by Gasteiger charge is 2.27. The van der Waals surface area contributed by atoms with Crippen LogP contribution in [0, 0.1) is 0 Å². The van der Waals surface area contributed by atoms with E-state index >= 15 is 0 Å². The third-order valence-corrected chi connectivity index (χ3v) is 4.24. The molecule has 0 fully saturated rings. The van der Waals surface area contributed by atoms with Crippen LogP contribution in [-0.2, 0) is 0 Å². The lowest BCUT2D eigenvalue weighted by atomic mass is 10.2. The van der Waals surface area contributed by atoms with Crippen LogP contribution in [0.25, 0.3) is 0 Å². The molecule has 0 bridgehead atoms. The molecule has 3 rings (SSSR count). The molecule has 1 aromatic heterocycles. The predicted octanol–water partition coefficient (Wildman–Crippen LogP) is 3.32. The van der Waals surface area contributed by atoms with Crippen LogP contribution in [0.4, 0.5) is 5.69 Å². The molecule has 0 saturated heterocycles. The predicted molar refractivity (Wildman–Crippen MR) is 67.7 cm³/mol. The van der Waals surface area contributed by atoms with Crippen molar-refractivity contribution in [2.45, 2.75) is 10.3 Å². The summed E-state index contributed by atoms with van der Waals surface area (Å²) in [6.07, 6.45) is 3.71. The molecule has 0 N–H and O–H groups in total. The van der Waals surface area contributed by atoms with Crippen molar-refractivity contribution in [3.05, 3.63) is 54.4 Å². The van der Waals surface area contributed by atoms with Crippen molar-refractivity contribution in [3.63, 3.8) is 0 Å². The Morgan fingerprint density at radius 2 is 1.88 bits per heavy atom. The maximum atomic E-state index is 4.06. The summed E-state index contributed by atoms with van der Waals surface area (Å²) in [5, 5.41) is 0.375. The highest BCUT2D eigenvalue weighted by molar-refractivity contribution is 8.00. The molecular weight excluding hydrogens is 216 g/mol. The van der Waals surface area contributed by atoms with Crippen molar-refractivity contribution < 1.29 is 0 Å². The Hall–Kier alpha value is -1.48. The molecule has 2 aromatic rings. The van der Waals surface area contributed by atoms with Crippen LogP contribution < -0.4 is 4.90 Å². The molecule has 1 aliphatic rings. The number of fused-ring (bicyclic) bond motifs is 1. The third kappa shape index (κ3) is 1.48. The van der Waals surface area contributed by atoms with Gasteiger partial charge in [-0.05, 0) is 29.8 Å². The second kappa shape index (κ2) is 3.83. The van der Waals surface area contributed by atoms with Gasteiger partial charge in [0, 0.05) is 24.3 Å². The summed E-state index contributed by atoms with van der Waals surface area (Å²) in [5.41, 5.74) is 2.62. The van der Waals surface area contributed by atoms with Crippen LogP contribution >= 0.6 is 11.8 Å². The molecule has 2 heterocycles. The van der Waals surface area contributed by atoms with Crippen molar-refractivity contribution in [1.82, 2.24) is 4.98 Å². The standard InChI is InChI=1S/C13H12N2S/c1-15-11-4-2-3-5-12(11)16-13(15)10-6-8-14-9-7-10/h2-9,13H,1H3/t13-/m1/s1. The largest absolute Gasteiger partial charge is 0.357 e. The maximum Gasteiger partial charge on any atom is 0.105 e. The maximum absolute atomic E-state index is 4.06. The van der Waals surface area contributed by atoms with Gasteiger partial charge >= 0.3 is 0 Å². The van der Waals surface area contributed by atoms with E-state index in [1.807, 2.05) is 24.2 Å². The first-order chi connectivity index (χ1) is 7.86. The summed E-state index contributed by atoms with van der Waals surface area (Å²) >= 11 is 1.90. The van der Waals surface area contributed by atoms with E-state index in [0.717, 1.165) is 0 Å². The van der Waals surface area contributed by atoms with Gasteiger partial charge in [0.15, 0.2) is 0 Å². The zero-order valence-electron chi connectivity index (χ0n) is 9.00. The van der Waals surface area contributed by atoms with E-state index in [4.69, 9.17) is 0 Å². The Labute approximate surface area is 99.3 Å². The Bertz CT molecular complexity index is 498. The Morgan fingerprint density at radius 3 is 2.62 bits per heavy atom. The van der Waals surface area contributed by atoms with Crippen LogP contribution in [0.15, 0.2) is 53.7 Å². The van der Waals surface area contributed by atoms with Gasteiger partial charge in [0.05, 0.1) is 5.69 Å². The lowest BCUT2D eigenvalue weighted by molar-refractivity contribution is 0.910. The van der Waals surface area contributed by atoms with Crippen LogP contribution in [0.1, 0.15) is 10.9 Å². The van der Waals surface area contributed by atoms with Gasteiger partial charge in [0.1, 0.15) is 5.37 Å². The second-order valence-electron chi connectivity index (χ2n) is 3.83. The molecule has 3 heteroatoms. The van der Waals surface area contributed by atoms with Gasteiger partial charge in [0.25, 0.3) is 0 Å². The number of rotatable bonds is 1. The molecule has 1 aromatic carbocycles. The summed E-state index contributed by atoms with van der Waals surface area (Å²) < 4.78 is 0. The van der Waals surface area contributed by atoms with Crippen molar-refractivity contribution in [1.29, 1.82) is 0 Å². The summed E-state index contributed by atoms with van der Waals surface area (Å²) in [7, 11) is 2.14. The second-order valence-corrected chi connectivity index (χ2v) is 4.95. The smallest absolute Gasteiger partial charge is 0.105 e. The minimum Gasteiger partial charge on any atom is -0.357 e. The molecule has 1 atom stereocenters. The van der Waals surface area contributed by atoms with Gasteiger partial charge in [-0.2, -0.15) is 0 Å². The van der Waals surface area contributed by atoms with E-state index in [0.29, 0.717) is 5.37 Å². The molecule has 16 heavy (non-hydrogen) atoms. The SMILES string of the molecule is CN1c2ccccc2S[C@@H]1c1ccncc1. The monoisotopic (exact) mass is 228 g/mol. The molecule has 0 amide bonds. The molecule has 0 radical (unpaired) electrons. The first kappa shape index (κ1) is 9.73. The van der Waals surface area contributed by atoms with Gasteiger partial charge in [0.2, 0.25) is 0 Å². The Balaban J connectivity index is 1.99.